The van der Waals surface area contributed by atoms with Crippen molar-refractivity contribution in [3.8, 4) is 5.75 Å². The van der Waals surface area contributed by atoms with Gasteiger partial charge < -0.3 is 4.74 Å². The number of fused-ring (bicyclic) bond motifs is 1. The summed E-state index contributed by atoms with van der Waals surface area (Å²) in [7, 11) is -3.90. The molecule has 3 rings (SSSR count). The summed E-state index contributed by atoms with van der Waals surface area (Å²) in [6, 6.07) is 14.2. The maximum atomic E-state index is 13.0. The van der Waals surface area contributed by atoms with E-state index in [4.69, 9.17) is 4.74 Å². The van der Waals surface area contributed by atoms with Crippen molar-refractivity contribution in [2.45, 2.75) is 18.7 Å². The normalized spacial score (nSPS) is 11.3. The van der Waals surface area contributed by atoms with E-state index in [2.05, 4.69) is 4.72 Å². The van der Waals surface area contributed by atoms with E-state index in [-0.39, 0.29) is 10.6 Å². The molecule has 0 aliphatic heterocycles. The number of sulfonamides is 1. The van der Waals surface area contributed by atoms with Crippen LogP contribution >= 0.6 is 0 Å². The maximum absolute atomic E-state index is 13.0. The van der Waals surface area contributed by atoms with Crippen LogP contribution in [0.2, 0.25) is 0 Å². The van der Waals surface area contributed by atoms with Gasteiger partial charge >= 0.3 is 0 Å². The third kappa shape index (κ3) is 3.70. The summed E-state index contributed by atoms with van der Waals surface area (Å²) in [4.78, 5) is 10.4. The van der Waals surface area contributed by atoms with Gasteiger partial charge in [-0.15, -0.1) is 0 Å². The number of rotatable bonds is 6. The standard InChI is InChI=1S/C19H18N2O5S/c1-3-26-18-10-11-19(16-7-5-4-6-15(16)18)27(24,25)20-17-9-8-14(21(22)23)12-13(17)2/h4-12,20H,3H2,1-2H3. The lowest BCUT2D eigenvalue weighted by atomic mass is 10.1. The highest BCUT2D eigenvalue weighted by atomic mass is 32.2. The zero-order valence-corrected chi connectivity index (χ0v) is 15.6. The summed E-state index contributed by atoms with van der Waals surface area (Å²) in [5.74, 6) is 0.610. The summed E-state index contributed by atoms with van der Waals surface area (Å²) < 4.78 is 34.0. The maximum Gasteiger partial charge on any atom is 0.269 e. The molecule has 0 unspecified atom stereocenters. The number of hydrogen-bond donors (Lipinski definition) is 1. The topological polar surface area (TPSA) is 98.5 Å². The van der Waals surface area contributed by atoms with E-state index in [9.17, 15) is 18.5 Å². The Kier molecular flexibility index (Phi) is 5.00. The average Bonchev–Trinajstić information content (AvgIpc) is 2.63. The van der Waals surface area contributed by atoms with Crippen LogP contribution in [0.5, 0.6) is 5.75 Å². The van der Waals surface area contributed by atoms with Crippen molar-refractivity contribution in [3.05, 3.63) is 70.3 Å². The third-order valence-electron chi connectivity index (χ3n) is 4.10. The van der Waals surface area contributed by atoms with Crippen molar-refractivity contribution >= 4 is 32.2 Å². The van der Waals surface area contributed by atoms with Crippen molar-refractivity contribution in [2.24, 2.45) is 0 Å². The highest BCUT2D eigenvalue weighted by Crippen LogP contribution is 2.32. The molecule has 0 saturated carbocycles. The zero-order valence-electron chi connectivity index (χ0n) is 14.8. The number of hydrogen-bond acceptors (Lipinski definition) is 5. The minimum absolute atomic E-state index is 0.0954. The van der Waals surface area contributed by atoms with Gasteiger partial charge in [0.05, 0.1) is 22.1 Å². The minimum atomic E-state index is -3.90. The molecular formula is C19H18N2O5S. The van der Waals surface area contributed by atoms with Gasteiger partial charge in [0, 0.05) is 22.9 Å². The molecule has 0 bridgehead atoms. The monoisotopic (exact) mass is 386 g/mol. The molecule has 27 heavy (non-hydrogen) atoms. The van der Waals surface area contributed by atoms with E-state index in [0.717, 1.165) is 0 Å². The molecule has 0 aromatic heterocycles. The highest BCUT2D eigenvalue weighted by Gasteiger charge is 2.20. The first-order valence-corrected chi connectivity index (χ1v) is 9.74. The lowest BCUT2D eigenvalue weighted by molar-refractivity contribution is -0.384. The first kappa shape index (κ1) is 18.7. The van der Waals surface area contributed by atoms with Gasteiger partial charge in [0.1, 0.15) is 5.75 Å². The number of nitro groups is 1. The number of nitrogens with zero attached hydrogens (tertiary/aromatic N) is 1. The van der Waals surface area contributed by atoms with E-state index in [0.29, 0.717) is 34.4 Å². The van der Waals surface area contributed by atoms with Gasteiger partial charge in [0.25, 0.3) is 15.7 Å². The van der Waals surface area contributed by atoms with Crippen LogP contribution in [0.1, 0.15) is 12.5 Å². The van der Waals surface area contributed by atoms with E-state index in [1.54, 1.807) is 31.2 Å². The first-order valence-electron chi connectivity index (χ1n) is 8.26. The van der Waals surface area contributed by atoms with Crippen LogP contribution in [0, 0.1) is 17.0 Å². The third-order valence-corrected chi connectivity index (χ3v) is 5.52. The lowest BCUT2D eigenvalue weighted by Crippen LogP contribution is -2.14. The van der Waals surface area contributed by atoms with Crippen molar-refractivity contribution in [3.63, 3.8) is 0 Å². The summed E-state index contributed by atoms with van der Waals surface area (Å²) in [5.41, 5.74) is 0.656. The number of ether oxygens (including phenoxy) is 1. The number of aryl methyl sites for hydroxylation is 1. The molecule has 0 heterocycles. The fraction of sp³-hybridized carbons (Fsp3) is 0.158. The first-order chi connectivity index (χ1) is 12.8. The van der Waals surface area contributed by atoms with Gasteiger partial charge in [-0.2, -0.15) is 0 Å². The second kappa shape index (κ2) is 7.24. The van der Waals surface area contributed by atoms with Crippen LogP contribution in [0.3, 0.4) is 0 Å². The molecule has 0 aliphatic rings. The Bertz CT molecular complexity index is 1130. The quantitative estimate of drug-likeness (QED) is 0.504. The summed E-state index contributed by atoms with van der Waals surface area (Å²) in [6.07, 6.45) is 0. The Labute approximate surface area is 156 Å². The number of nitrogens with one attached hydrogen (secondary N) is 1. The van der Waals surface area contributed by atoms with Crippen molar-refractivity contribution in [1.82, 2.24) is 0 Å². The van der Waals surface area contributed by atoms with Gasteiger partial charge in [-0.05, 0) is 37.6 Å². The van der Waals surface area contributed by atoms with Gasteiger partial charge in [-0.1, -0.05) is 24.3 Å². The van der Waals surface area contributed by atoms with Crippen LogP contribution in [0.4, 0.5) is 11.4 Å². The van der Waals surface area contributed by atoms with E-state index in [1.807, 2.05) is 13.0 Å². The Hall–Kier alpha value is -3.13. The Morgan fingerprint density at radius 3 is 2.41 bits per heavy atom. The van der Waals surface area contributed by atoms with Gasteiger partial charge in [0.15, 0.2) is 0 Å². The predicted molar refractivity (Wildman–Crippen MR) is 104 cm³/mol. The van der Waals surface area contributed by atoms with E-state index < -0.39 is 14.9 Å². The molecule has 7 nitrogen and oxygen atoms in total. The van der Waals surface area contributed by atoms with Crippen molar-refractivity contribution < 1.29 is 18.1 Å². The molecule has 140 valence electrons. The zero-order chi connectivity index (χ0) is 19.6. The van der Waals surface area contributed by atoms with Crippen molar-refractivity contribution in [1.29, 1.82) is 0 Å². The molecule has 0 saturated heterocycles. The largest absolute Gasteiger partial charge is 0.493 e. The van der Waals surface area contributed by atoms with Crippen LogP contribution in [-0.4, -0.2) is 19.9 Å². The lowest BCUT2D eigenvalue weighted by Gasteiger charge is -2.14. The van der Waals surface area contributed by atoms with E-state index in [1.165, 1.54) is 24.3 Å². The van der Waals surface area contributed by atoms with E-state index >= 15 is 0 Å². The number of non-ortho nitro benzene ring substituents is 1. The molecular weight excluding hydrogens is 368 g/mol. The Morgan fingerprint density at radius 2 is 1.78 bits per heavy atom. The number of benzene rings is 3. The van der Waals surface area contributed by atoms with Gasteiger partial charge in [-0.3, -0.25) is 14.8 Å². The molecule has 3 aromatic carbocycles. The molecule has 0 aliphatic carbocycles. The molecule has 0 atom stereocenters. The molecule has 8 heteroatoms. The highest BCUT2D eigenvalue weighted by molar-refractivity contribution is 7.93. The average molecular weight is 386 g/mol. The second-order valence-corrected chi connectivity index (χ2v) is 7.55. The smallest absolute Gasteiger partial charge is 0.269 e. The number of anilines is 1. The number of nitro benzene ring substituents is 1. The summed E-state index contributed by atoms with van der Waals surface area (Å²) >= 11 is 0. The molecule has 1 N–H and O–H groups in total. The fourth-order valence-electron chi connectivity index (χ4n) is 2.84. The Morgan fingerprint density at radius 1 is 1.07 bits per heavy atom. The predicted octanol–water partition coefficient (Wildman–Crippen LogP) is 4.26. The summed E-state index contributed by atoms with van der Waals surface area (Å²) in [5, 5.41) is 12.1. The molecule has 0 radical (unpaired) electrons. The van der Waals surface area contributed by atoms with Crippen LogP contribution in [0.15, 0.2) is 59.5 Å². The van der Waals surface area contributed by atoms with Gasteiger partial charge in [-0.25, -0.2) is 8.42 Å². The van der Waals surface area contributed by atoms with Crippen molar-refractivity contribution in [2.75, 3.05) is 11.3 Å². The molecule has 0 amide bonds. The molecule has 0 spiro atoms. The van der Waals surface area contributed by atoms with Gasteiger partial charge in [0.2, 0.25) is 0 Å². The van der Waals surface area contributed by atoms with Crippen LogP contribution in [0.25, 0.3) is 10.8 Å². The molecule has 3 aromatic rings. The second-order valence-electron chi connectivity index (χ2n) is 5.90. The molecule has 0 fully saturated rings. The Balaban J connectivity index is 2.06. The van der Waals surface area contributed by atoms with Crippen LogP contribution in [-0.2, 0) is 10.0 Å². The SMILES string of the molecule is CCOc1ccc(S(=O)(=O)Nc2ccc([N+](=O)[O-])cc2C)c2ccccc12. The fourth-order valence-corrected chi connectivity index (χ4v) is 4.18. The van der Waals surface area contributed by atoms with Crippen LogP contribution < -0.4 is 9.46 Å². The minimum Gasteiger partial charge on any atom is -0.493 e. The summed E-state index contributed by atoms with van der Waals surface area (Å²) in [6.45, 7) is 3.94.